The molecular weight excluding hydrogens is 256 g/mol. The fourth-order valence-electron chi connectivity index (χ4n) is 1.59. The molecule has 0 saturated heterocycles. The van der Waals surface area contributed by atoms with E-state index in [1.807, 2.05) is 6.92 Å². The van der Waals surface area contributed by atoms with Gasteiger partial charge in [-0.05, 0) is 19.4 Å². The molecule has 1 atom stereocenters. The normalized spacial score (nSPS) is 12.4. The molecule has 18 heavy (non-hydrogen) atoms. The number of nitro benzene ring substituents is 1. The molecule has 0 amide bonds. The first-order chi connectivity index (χ1) is 8.49. The molecule has 0 bridgehead atoms. The molecule has 94 valence electrons. The fourth-order valence-corrected chi connectivity index (χ4v) is 1.69. The van der Waals surface area contributed by atoms with Crippen LogP contribution in [0.5, 0.6) is 0 Å². The lowest BCUT2D eigenvalue weighted by Gasteiger charge is -2.02. The minimum atomic E-state index is -0.440. The first-order valence-electron chi connectivity index (χ1n) is 5.34. The van der Waals surface area contributed by atoms with Crippen LogP contribution in [0.1, 0.15) is 23.8 Å². The van der Waals surface area contributed by atoms with Crippen molar-refractivity contribution in [1.82, 2.24) is 4.98 Å². The number of nitrogens with zero attached hydrogens (tertiary/aromatic N) is 2. The SMILES string of the molecule is Cc1ccc([N+](=O)[O-])cc1-c1cnc(C(C)Cl)o1. The summed E-state index contributed by atoms with van der Waals surface area (Å²) in [5, 5.41) is 10.4. The van der Waals surface area contributed by atoms with Gasteiger partial charge in [0.05, 0.1) is 11.1 Å². The Bertz CT molecular complexity index is 593. The lowest BCUT2D eigenvalue weighted by molar-refractivity contribution is -0.384. The maximum absolute atomic E-state index is 10.7. The minimum absolute atomic E-state index is 0.0208. The Morgan fingerprint density at radius 1 is 1.50 bits per heavy atom. The summed E-state index contributed by atoms with van der Waals surface area (Å²) in [5.74, 6) is 0.885. The highest BCUT2D eigenvalue weighted by Gasteiger charge is 2.15. The predicted molar refractivity (Wildman–Crippen MR) is 67.6 cm³/mol. The van der Waals surface area contributed by atoms with Crippen LogP contribution in [-0.4, -0.2) is 9.91 Å². The van der Waals surface area contributed by atoms with Crippen molar-refractivity contribution in [3.8, 4) is 11.3 Å². The molecular formula is C12H11ClN2O3. The fraction of sp³-hybridized carbons (Fsp3) is 0.250. The van der Waals surface area contributed by atoms with E-state index in [4.69, 9.17) is 16.0 Å². The van der Waals surface area contributed by atoms with Crippen molar-refractivity contribution in [2.24, 2.45) is 0 Å². The molecule has 0 aliphatic heterocycles. The van der Waals surface area contributed by atoms with Gasteiger partial charge in [0.2, 0.25) is 5.89 Å². The number of halogens is 1. The Balaban J connectivity index is 2.48. The van der Waals surface area contributed by atoms with Crippen molar-refractivity contribution in [3.63, 3.8) is 0 Å². The number of aromatic nitrogens is 1. The van der Waals surface area contributed by atoms with Crippen LogP contribution in [0.2, 0.25) is 0 Å². The number of benzene rings is 1. The lowest BCUT2D eigenvalue weighted by Crippen LogP contribution is -1.90. The zero-order valence-corrected chi connectivity index (χ0v) is 10.6. The second-order valence-corrected chi connectivity index (χ2v) is 4.59. The van der Waals surface area contributed by atoms with Gasteiger partial charge in [0.25, 0.3) is 5.69 Å². The molecule has 0 aliphatic carbocycles. The Labute approximate surface area is 109 Å². The summed E-state index contributed by atoms with van der Waals surface area (Å²) in [7, 11) is 0. The number of aryl methyl sites for hydroxylation is 1. The highest BCUT2D eigenvalue weighted by molar-refractivity contribution is 6.20. The van der Waals surface area contributed by atoms with E-state index in [1.165, 1.54) is 18.3 Å². The number of non-ortho nitro benzene ring substituents is 1. The number of nitro groups is 1. The molecule has 1 aromatic carbocycles. The zero-order chi connectivity index (χ0) is 13.3. The third-order valence-corrected chi connectivity index (χ3v) is 2.75. The van der Waals surface area contributed by atoms with Gasteiger partial charge < -0.3 is 4.42 Å². The average molecular weight is 267 g/mol. The molecule has 5 nitrogen and oxygen atoms in total. The molecule has 6 heteroatoms. The van der Waals surface area contributed by atoms with Gasteiger partial charge in [-0.3, -0.25) is 10.1 Å². The van der Waals surface area contributed by atoms with Crippen molar-refractivity contribution >= 4 is 17.3 Å². The molecule has 0 fully saturated rings. The summed E-state index contributed by atoms with van der Waals surface area (Å²) < 4.78 is 5.48. The van der Waals surface area contributed by atoms with Crippen molar-refractivity contribution in [1.29, 1.82) is 0 Å². The van der Waals surface area contributed by atoms with Crippen LogP contribution < -0.4 is 0 Å². The largest absolute Gasteiger partial charge is 0.439 e. The summed E-state index contributed by atoms with van der Waals surface area (Å²) in [6, 6.07) is 4.61. The topological polar surface area (TPSA) is 69.2 Å². The van der Waals surface area contributed by atoms with Crippen molar-refractivity contribution in [2.45, 2.75) is 19.2 Å². The maximum Gasteiger partial charge on any atom is 0.270 e. The Kier molecular flexibility index (Phi) is 3.34. The molecule has 2 rings (SSSR count). The number of hydrogen-bond donors (Lipinski definition) is 0. The van der Waals surface area contributed by atoms with E-state index in [9.17, 15) is 10.1 Å². The summed E-state index contributed by atoms with van der Waals surface area (Å²) >= 11 is 5.86. The summed E-state index contributed by atoms with van der Waals surface area (Å²) in [6.07, 6.45) is 1.53. The van der Waals surface area contributed by atoms with Gasteiger partial charge in [-0.2, -0.15) is 0 Å². The van der Waals surface area contributed by atoms with Crippen molar-refractivity contribution < 1.29 is 9.34 Å². The highest BCUT2D eigenvalue weighted by Crippen LogP contribution is 2.30. The number of alkyl halides is 1. The maximum atomic E-state index is 10.7. The van der Waals surface area contributed by atoms with Gasteiger partial charge in [0.15, 0.2) is 5.76 Å². The Hall–Kier alpha value is -1.88. The number of rotatable bonds is 3. The predicted octanol–water partition coefficient (Wildman–Crippen LogP) is 3.86. The van der Waals surface area contributed by atoms with Crippen molar-refractivity contribution in [3.05, 3.63) is 46.0 Å². The summed E-state index contributed by atoms with van der Waals surface area (Å²) in [4.78, 5) is 14.3. The lowest BCUT2D eigenvalue weighted by atomic mass is 10.1. The van der Waals surface area contributed by atoms with Crippen LogP contribution in [0.3, 0.4) is 0 Å². The van der Waals surface area contributed by atoms with E-state index in [-0.39, 0.29) is 11.1 Å². The molecule has 1 unspecified atom stereocenters. The smallest absolute Gasteiger partial charge is 0.270 e. The van der Waals surface area contributed by atoms with Crippen LogP contribution in [-0.2, 0) is 0 Å². The molecule has 0 saturated carbocycles. The molecule has 0 radical (unpaired) electrons. The van der Waals surface area contributed by atoms with E-state index in [0.29, 0.717) is 17.2 Å². The first kappa shape index (κ1) is 12.6. The van der Waals surface area contributed by atoms with Gasteiger partial charge in [-0.15, -0.1) is 11.6 Å². The van der Waals surface area contributed by atoms with E-state index in [2.05, 4.69) is 4.98 Å². The number of hydrogen-bond acceptors (Lipinski definition) is 4. The van der Waals surface area contributed by atoms with Gasteiger partial charge in [-0.25, -0.2) is 4.98 Å². The molecule has 0 N–H and O–H groups in total. The molecule has 0 aliphatic rings. The minimum Gasteiger partial charge on any atom is -0.439 e. The van der Waals surface area contributed by atoms with E-state index in [0.717, 1.165) is 5.56 Å². The van der Waals surface area contributed by atoms with Gasteiger partial charge in [-0.1, -0.05) is 6.07 Å². The second kappa shape index (κ2) is 4.78. The average Bonchev–Trinajstić information content (AvgIpc) is 2.78. The van der Waals surface area contributed by atoms with Gasteiger partial charge >= 0.3 is 0 Å². The first-order valence-corrected chi connectivity index (χ1v) is 5.78. The molecule has 1 aromatic heterocycles. The van der Waals surface area contributed by atoms with Crippen LogP contribution >= 0.6 is 11.6 Å². The van der Waals surface area contributed by atoms with Crippen LogP contribution in [0.4, 0.5) is 5.69 Å². The second-order valence-electron chi connectivity index (χ2n) is 3.94. The quantitative estimate of drug-likeness (QED) is 0.480. The third kappa shape index (κ3) is 2.36. The Morgan fingerprint density at radius 3 is 2.78 bits per heavy atom. The van der Waals surface area contributed by atoms with Crippen LogP contribution in [0.25, 0.3) is 11.3 Å². The van der Waals surface area contributed by atoms with Crippen LogP contribution in [0, 0.1) is 17.0 Å². The molecule has 2 aromatic rings. The summed E-state index contributed by atoms with van der Waals surface area (Å²) in [6.45, 7) is 3.60. The zero-order valence-electron chi connectivity index (χ0n) is 9.88. The van der Waals surface area contributed by atoms with Gasteiger partial charge in [0, 0.05) is 17.7 Å². The molecule has 1 heterocycles. The third-order valence-electron chi connectivity index (χ3n) is 2.56. The van der Waals surface area contributed by atoms with Crippen LogP contribution in [0.15, 0.2) is 28.8 Å². The standard InChI is InChI=1S/C12H11ClN2O3/c1-7-3-4-9(15(16)17)5-10(7)11-6-14-12(18-11)8(2)13/h3-6,8H,1-2H3. The van der Waals surface area contributed by atoms with E-state index < -0.39 is 4.92 Å². The van der Waals surface area contributed by atoms with Crippen molar-refractivity contribution in [2.75, 3.05) is 0 Å². The summed E-state index contributed by atoms with van der Waals surface area (Å²) in [5.41, 5.74) is 1.55. The van der Waals surface area contributed by atoms with E-state index >= 15 is 0 Å². The highest BCUT2D eigenvalue weighted by atomic mass is 35.5. The monoisotopic (exact) mass is 266 g/mol. The Morgan fingerprint density at radius 2 is 2.22 bits per heavy atom. The van der Waals surface area contributed by atoms with Gasteiger partial charge in [0.1, 0.15) is 5.38 Å². The van der Waals surface area contributed by atoms with E-state index in [1.54, 1.807) is 13.0 Å². The molecule has 0 spiro atoms. The number of oxazole rings is 1.